The fourth-order valence-corrected chi connectivity index (χ4v) is 3.13. The second-order valence-corrected chi connectivity index (χ2v) is 7.21. The number of anilines is 1. The third kappa shape index (κ3) is 3.56. The summed E-state index contributed by atoms with van der Waals surface area (Å²) in [6, 6.07) is 12.5. The Morgan fingerprint density at radius 2 is 2.12 bits per heavy atom. The number of ether oxygens (including phenoxy) is 1. The van der Waals surface area contributed by atoms with Crippen LogP contribution in [-0.2, 0) is 10.0 Å². The molecule has 3 aromatic rings. The van der Waals surface area contributed by atoms with Gasteiger partial charge in [-0.2, -0.15) is 10.4 Å². The average molecular weight is 356 g/mol. The van der Waals surface area contributed by atoms with E-state index in [0.29, 0.717) is 34.8 Å². The first-order valence-electron chi connectivity index (χ1n) is 7.54. The Morgan fingerprint density at radius 1 is 1.32 bits per heavy atom. The van der Waals surface area contributed by atoms with Gasteiger partial charge in [0, 0.05) is 16.6 Å². The zero-order chi connectivity index (χ0) is 18.0. The van der Waals surface area contributed by atoms with Crippen molar-refractivity contribution in [1.82, 2.24) is 10.2 Å². The first-order valence-corrected chi connectivity index (χ1v) is 9.43. The number of benzene rings is 2. The lowest BCUT2D eigenvalue weighted by molar-refractivity contribution is 0.340. The summed E-state index contributed by atoms with van der Waals surface area (Å²) in [5.41, 5.74) is 2.98. The minimum absolute atomic E-state index is 0.428. The number of nitrogens with one attached hydrogen (secondary N) is 2. The molecule has 0 saturated carbocycles. The van der Waals surface area contributed by atoms with Crippen LogP contribution in [0, 0.1) is 11.3 Å². The van der Waals surface area contributed by atoms with Crippen LogP contribution in [-0.4, -0.2) is 31.5 Å². The summed E-state index contributed by atoms with van der Waals surface area (Å²) in [6.45, 7) is 2.29. The molecular formula is C17H16N4O3S. The molecule has 0 fully saturated rings. The second kappa shape index (κ2) is 6.45. The largest absolute Gasteiger partial charge is 0.492 e. The molecule has 0 aliphatic heterocycles. The summed E-state index contributed by atoms with van der Waals surface area (Å²) in [7, 11) is -3.36. The summed E-state index contributed by atoms with van der Waals surface area (Å²) in [5, 5.41) is 17.2. The number of hydrogen-bond acceptors (Lipinski definition) is 5. The van der Waals surface area contributed by atoms with Crippen LogP contribution in [0.25, 0.3) is 22.2 Å². The summed E-state index contributed by atoms with van der Waals surface area (Å²) in [5.74, 6) is 0.491. The number of sulfonamides is 1. The SMILES string of the molecule is CCOc1cc2c(-c3cccc(NS(C)(=O)=O)c3)n[nH]c2cc1C#N. The summed E-state index contributed by atoms with van der Waals surface area (Å²) < 4.78 is 30.8. The van der Waals surface area contributed by atoms with Gasteiger partial charge in [0.05, 0.1) is 23.9 Å². The van der Waals surface area contributed by atoms with Crippen molar-refractivity contribution >= 4 is 26.6 Å². The fraction of sp³-hybridized carbons (Fsp3) is 0.176. The zero-order valence-electron chi connectivity index (χ0n) is 13.7. The molecule has 0 unspecified atom stereocenters. The van der Waals surface area contributed by atoms with Crippen LogP contribution in [0.1, 0.15) is 12.5 Å². The predicted octanol–water partition coefficient (Wildman–Crippen LogP) is 2.87. The first kappa shape index (κ1) is 16.8. The minimum atomic E-state index is -3.36. The van der Waals surface area contributed by atoms with Gasteiger partial charge in [-0.05, 0) is 31.2 Å². The van der Waals surface area contributed by atoms with E-state index in [1.54, 1.807) is 30.3 Å². The topological polar surface area (TPSA) is 108 Å². The van der Waals surface area contributed by atoms with Crippen molar-refractivity contribution in [3.8, 4) is 23.1 Å². The van der Waals surface area contributed by atoms with Gasteiger partial charge in [0.1, 0.15) is 17.5 Å². The van der Waals surface area contributed by atoms with E-state index >= 15 is 0 Å². The first-order chi connectivity index (χ1) is 11.9. The number of nitriles is 1. The van der Waals surface area contributed by atoms with Crippen LogP contribution in [0.15, 0.2) is 36.4 Å². The van der Waals surface area contributed by atoms with E-state index in [2.05, 4.69) is 21.0 Å². The Balaban J connectivity index is 2.12. The van der Waals surface area contributed by atoms with E-state index in [4.69, 9.17) is 4.74 Å². The van der Waals surface area contributed by atoms with E-state index < -0.39 is 10.0 Å². The number of aromatic nitrogens is 2. The van der Waals surface area contributed by atoms with Crippen LogP contribution >= 0.6 is 0 Å². The molecule has 2 N–H and O–H groups in total. The van der Waals surface area contributed by atoms with Crippen molar-refractivity contribution in [1.29, 1.82) is 5.26 Å². The van der Waals surface area contributed by atoms with Crippen molar-refractivity contribution in [2.75, 3.05) is 17.6 Å². The van der Waals surface area contributed by atoms with Gasteiger partial charge in [0.2, 0.25) is 10.0 Å². The average Bonchev–Trinajstić information content (AvgIpc) is 2.96. The molecule has 0 radical (unpaired) electrons. The Bertz CT molecular complexity index is 1080. The lowest BCUT2D eigenvalue weighted by Crippen LogP contribution is -2.09. The lowest BCUT2D eigenvalue weighted by atomic mass is 10.1. The molecule has 1 aromatic heterocycles. The molecule has 8 heteroatoms. The van der Waals surface area contributed by atoms with Crippen LogP contribution in [0.4, 0.5) is 5.69 Å². The molecule has 128 valence electrons. The van der Waals surface area contributed by atoms with Gasteiger partial charge < -0.3 is 4.74 Å². The summed E-state index contributed by atoms with van der Waals surface area (Å²) in [6.07, 6.45) is 1.10. The molecule has 2 aromatic carbocycles. The van der Waals surface area contributed by atoms with Crippen LogP contribution in [0.3, 0.4) is 0 Å². The molecule has 0 atom stereocenters. The Labute approximate surface area is 145 Å². The second-order valence-electron chi connectivity index (χ2n) is 5.47. The van der Waals surface area contributed by atoms with Crippen molar-refractivity contribution in [3.05, 3.63) is 42.0 Å². The van der Waals surface area contributed by atoms with E-state index in [1.807, 2.05) is 13.0 Å². The molecule has 0 spiro atoms. The monoisotopic (exact) mass is 356 g/mol. The van der Waals surface area contributed by atoms with Crippen LogP contribution in [0.5, 0.6) is 5.75 Å². The summed E-state index contributed by atoms with van der Waals surface area (Å²) in [4.78, 5) is 0. The van der Waals surface area contributed by atoms with E-state index in [-0.39, 0.29) is 0 Å². The van der Waals surface area contributed by atoms with Gasteiger partial charge >= 0.3 is 0 Å². The maximum atomic E-state index is 11.4. The van der Waals surface area contributed by atoms with E-state index in [1.165, 1.54) is 0 Å². The summed E-state index contributed by atoms with van der Waals surface area (Å²) >= 11 is 0. The van der Waals surface area contributed by atoms with Crippen molar-refractivity contribution < 1.29 is 13.2 Å². The third-order valence-electron chi connectivity index (χ3n) is 3.52. The molecule has 0 aliphatic carbocycles. The Kier molecular flexibility index (Phi) is 4.33. The Hall–Kier alpha value is -3.05. The smallest absolute Gasteiger partial charge is 0.229 e. The number of fused-ring (bicyclic) bond motifs is 1. The highest BCUT2D eigenvalue weighted by Crippen LogP contribution is 2.32. The molecule has 25 heavy (non-hydrogen) atoms. The van der Waals surface area contributed by atoms with Gasteiger partial charge in [-0.1, -0.05) is 12.1 Å². The van der Waals surface area contributed by atoms with Crippen molar-refractivity contribution in [2.45, 2.75) is 6.92 Å². The van der Waals surface area contributed by atoms with E-state index in [0.717, 1.165) is 17.2 Å². The van der Waals surface area contributed by atoms with Gasteiger partial charge in [-0.15, -0.1) is 0 Å². The molecule has 0 aliphatic rings. The van der Waals surface area contributed by atoms with Gasteiger partial charge in [0.15, 0.2) is 0 Å². The predicted molar refractivity (Wildman–Crippen MR) is 95.9 cm³/mol. The number of rotatable bonds is 5. The van der Waals surface area contributed by atoms with Gasteiger partial charge in [-0.3, -0.25) is 9.82 Å². The molecule has 1 heterocycles. The normalized spacial score (nSPS) is 11.2. The number of nitrogens with zero attached hydrogens (tertiary/aromatic N) is 2. The molecule has 0 amide bonds. The molecule has 3 rings (SSSR count). The Morgan fingerprint density at radius 3 is 2.80 bits per heavy atom. The highest BCUT2D eigenvalue weighted by atomic mass is 32.2. The van der Waals surface area contributed by atoms with E-state index in [9.17, 15) is 13.7 Å². The number of hydrogen-bond donors (Lipinski definition) is 2. The quantitative estimate of drug-likeness (QED) is 0.731. The van der Waals surface area contributed by atoms with Crippen molar-refractivity contribution in [3.63, 3.8) is 0 Å². The van der Waals surface area contributed by atoms with Crippen LogP contribution < -0.4 is 9.46 Å². The minimum Gasteiger partial charge on any atom is -0.492 e. The van der Waals surface area contributed by atoms with Crippen molar-refractivity contribution in [2.24, 2.45) is 0 Å². The van der Waals surface area contributed by atoms with Gasteiger partial charge in [0.25, 0.3) is 0 Å². The maximum absolute atomic E-state index is 11.4. The van der Waals surface area contributed by atoms with Crippen LogP contribution in [0.2, 0.25) is 0 Å². The lowest BCUT2D eigenvalue weighted by Gasteiger charge is -2.07. The third-order valence-corrected chi connectivity index (χ3v) is 4.13. The number of H-pyrrole nitrogens is 1. The highest BCUT2D eigenvalue weighted by Gasteiger charge is 2.14. The zero-order valence-corrected chi connectivity index (χ0v) is 14.5. The molecule has 7 nitrogen and oxygen atoms in total. The molecule has 0 saturated heterocycles. The standard InChI is InChI=1S/C17H16N4O3S/c1-3-24-16-9-14-15(8-12(16)10-18)19-20-17(14)11-5-4-6-13(7-11)21-25(2,22)23/h4-9,21H,3H2,1-2H3,(H,19,20). The number of aromatic amines is 1. The maximum Gasteiger partial charge on any atom is 0.229 e. The fourth-order valence-electron chi connectivity index (χ4n) is 2.57. The van der Waals surface area contributed by atoms with Gasteiger partial charge in [-0.25, -0.2) is 8.42 Å². The molecule has 0 bridgehead atoms. The molecular weight excluding hydrogens is 340 g/mol. The highest BCUT2D eigenvalue weighted by molar-refractivity contribution is 7.92.